The first-order valence-electron chi connectivity index (χ1n) is 11.5. The summed E-state index contributed by atoms with van der Waals surface area (Å²) in [6, 6.07) is 15.2. The Labute approximate surface area is 221 Å². The molecule has 0 aliphatic carbocycles. The van der Waals surface area contributed by atoms with E-state index in [1.807, 2.05) is 31.2 Å². The number of hydrogen-bond acceptors (Lipinski definition) is 9. The molecule has 12 heteroatoms. The van der Waals surface area contributed by atoms with Crippen molar-refractivity contribution < 1.29 is 23.6 Å². The first kappa shape index (κ1) is 25.0. The van der Waals surface area contributed by atoms with E-state index >= 15 is 0 Å². The molecule has 0 atom stereocenters. The number of nitrogens with one attached hydrogen (secondary N) is 1. The second-order valence-corrected chi connectivity index (χ2v) is 9.23. The number of hydrazone groups is 1. The number of fused-ring (bicyclic) bond motifs is 1. The van der Waals surface area contributed by atoms with Gasteiger partial charge >= 0.3 is 0 Å². The molecule has 0 fully saturated rings. The molecule has 0 saturated carbocycles. The third-order valence-corrected chi connectivity index (χ3v) is 6.39. The van der Waals surface area contributed by atoms with Gasteiger partial charge in [-0.25, -0.2) is 0 Å². The monoisotopic (exact) mass is 531 g/mol. The summed E-state index contributed by atoms with van der Waals surface area (Å²) in [5.74, 6) is 0.746. The Morgan fingerprint density at radius 2 is 1.97 bits per heavy atom. The zero-order valence-corrected chi connectivity index (χ0v) is 21.2. The van der Waals surface area contributed by atoms with Crippen LogP contribution in [0, 0.1) is 22.4 Å². The Morgan fingerprint density at radius 1 is 1.16 bits per heavy atom. The van der Waals surface area contributed by atoms with Crippen molar-refractivity contribution >= 4 is 45.5 Å². The van der Waals surface area contributed by atoms with E-state index in [2.05, 4.69) is 10.1 Å². The maximum atomic E-state index is 12.7. The highest BCUT2D eigenvalue weighted by Crippen LogP contribution is 2.35. The molecule has 2 aliphatic heterocycles. The number of thioether (sulfide) groups is 1. The molecule has 0 bridgehead atoms. The Hall–Kier alpha value is -4.71. The minimum Gasteiger partial charge on any atom is -0.494 e. The number of nitrogens with zero attached hydrogens (tertiary/aromatic N) is 4. The quantitative estimate of drug-likeness (QED) is 0.235. The van der Waals surface area contributed by atoms with Gasteiger partial charge in [-0.05, 0) is 73.6 Å². The molecule has 1 N–H and O–H groups in total. The van der Waals surface area contributed by atoms with Crippen molar-refractivity contribution in [3.05, 3.63) is 81.6 Å². The number of amides is 1. The minimum absolute atomic E-state index is 0.0268. The first-order valence-corrected chi connectivity index (χ1v) is 12.3. The van der Waals surface area contributed by atoms with Gasteiger partial charge in [0.05, 0.1) is 28.7 Å². The van der Waals surface area contributed by atoms with Crippen molar-refractivity contribution in [3.63, 3.8) is 0 Å². The predicted molar refractivity (Wildman–Crippen MR) is 144 cm³/mol. The number of ether oxygens (including phenoxy) is 2. The van der Waals surface area contributed by atoms with E-state index < -0.39 is 10.8 Å². The molecule has 0 radical (unpaired) electrons. The molecule has 0 unspecified atom stereocenters. The van der Waals surface area contributed by atoms with Crippen LogP contribution < -0.4 is 9.47 Å². The molecular weight excluding hydrogens is 510 g/mol. The lowest BCUT2D eigenvalue weighted by Gasteiger charge is -2.19. The van der Waals surface area contributed by atoms with Crippen LogP contribution in [0.1, 0.15) is 18.2 Å². The Bertz CT molecular complexity index is 1560. The van der Waals surface area contributed by atoms with Crippen molar-refractivity contribution in [2.45, 2.75) is 13.8 Å². The smallest absolute Gasteiger partial charge is 0.284 e. The van der Waals surface area contributed by atoms with E-state index in [9.17, 15) is 14.9 Å². The molecule has 3 heterocycles. The molecule has 0 saturated heterocycles. The number of benzene rings is 2. The zero-order valence-electron chi connectivity index (χ0n) is 20.3. The van der Waals surface area contributed by atoms with Crippen LogP contribution in [0.2, 0.25) is 0 Å². The fourth-order valence-electron chi connectivity index (χ4n) is 3.78. The average Bonchev–Trinajstić information content (AvgIpc) is 3.52. The summed E-state index contributed by atoms with van der Waals surface area (Å²) in [5.41, 5.74) is 1.11. The highest BCUT2D eigenvalue weighted by Gasteiger charge is 2.36. The molecule has 0 spiro atoms. The number of carbonyl (C=O) groups is 1. The summed E-state index contributed by atoms with van der Waals surface area (Å²) in [7, 11) is 0. The van der Waals surface area contributed by atoms with Crippen molar-refractivity contribution in [2.24, 2.45) is 10.1 Å². The number of amidine groups is 2. The third kappa shape index (κ3) is 5.06. The molecule has 11 nitrogen and oxygen atoms in total. The Balaban J connectivity index is 1.36. The van der Waals surface area contributed by atoms with Crippen molar-refractivity contribution in [1.82, 2.24) is 5.01 Å². The molecular formula is C26H21N5O6S. The molecule has 5 rings (SSSR count). The largest absolute Gasteiger partial charge is 0.494 e. The molecule has 2 aromatic carbocycles. The van der Waals surface area contributed by atoms with Crippen LogP contribution >= 0.6 is 11.8 Å². The number of aryl methyl sites for hydroxylation is 1. The van der Waals surface area contributed by atoms with E-state index in [-0.39, 0.29) is 46.0 Å². The lowest BCUT2D eigenvalue weighted by atomic mass is 10.1. The lowest BCUT2D eigenvalue weighted by molar-refractivity contribution is -0.384. The number of hydrogen-bond donors (Lipinski definition) is 1. The highest BCUT2D eigenvalue weighted by atomic mass is 32.2. The number of carbonyl (C=O) groups excluding carboxylic acids is 1. The first-order chi connectivity index (χ1) is 18.3. The summed E-state index contributed by atoms with van der Waals surface area (Å²) in [6.45, 7) is 4.29. The van der Waals surface area contributed by atoms with E-state index in [0.29, 0.717) is 23.1 Å². The second-order valence-electron chi connectivity index (χ2n) is 8.19. The topological polar surface area (TPSA) is 144 Å². The van der Waals surface area contributed by atoms with Gasteiger partial charge in [-0.1, -0.05) is 12.1 Å². The molecule has 38 heavy (non-hydrogen) atoms. The van der Waals surface area contributed by atoms with E-state index in [1.165, 1.54) is 17.2 Å². The maximum Gasteiger partial charge on any atom is 0.284 e. The van der Waals surface area contributed by atoms with Crippen LogP contribution in [0.5, 0.6) is 11.5 Å². The number of nitro groups is 1. The number of rotatable bonds is 8. The summed E-state index contributed by atoms with van der Waals surface area (Å²) >= 11 is 1.16. The minimum atomic E-state index is -0.616. The van der Waals surface area contributed by atoms with Gasteiger partial charge < -0.3 is 13.9 Å². The molecule has 3 aromatic rings. The molecule has 1 aromatic heterocycles. The van der Waals surface area contributed by atoms with Crippen molar-refractivity contribution in [3.8, 4) is 22.8 Å². The van der Waals surface area contributed by atoms with Gasteiger partial charge in [0.25, 0.3) is 11.6 Å². The normalized spacial score (nSPS) is 15.8. The SMILES string of the molecule is CCOc1ccc(-c2ccc(/C=C3\C(=N)N4N=C(COc5cccc(C)c5)SC4=NC3=O)o2)c([N+](=O)[O-])c1. The maximum absolute atomic E-state index is 12.7. The summed E-state index contributed by atoms with van der Waals surface area (Å²) in [4.78, 5) is 27.9. The van der Waals surface area contributed by atoms with Crippen LogP contribution in [-0.2, 0) is 4.79 Å². The van der Waals surface area contributed by atoms with Crippen LogP contribution in [0.25, 0.3) is 17.4 Å². The van der Waals surface area contributed by atoms with Crippen LogP contribution in [0.15, 0.2) is 74.7 Å². The standard InChI is InChI=1S/C26H21N5O6S/c1-3-35-17-7-9-19(21(13-17)31(33)34)22-10-8-18(37-22)12-20-24(27)30-26(28-25(20)32)38-23(29-30)14-36-16-6-4-5-15(2)11-16/h4-13,27H,3,14H2,1-2H3/b20-12+,27-24?. The van der Waals surface area contributed by atoms with Crippen LogP contribution in [0.4, 0.5) is 5.69 Å². The van der Waals surface area contributed by atoms with Crippen LogP contribution in [-0.4, -0.2) is 45.1 Å². The van der Waals surface area contributed by atoms with Gasteiger partial charge in [0.1, 0.15) is 34.7 Å². The molecule has 192 valence electrons. The number of nitro benzene ring substituents is 1. The van der Waals surface area contributed by atoms with Gasteiger partial charge in [0.2, 0.25) is 5.17 Å². The predicted octanol–water partition coefficient (Wildman–Crippen LogP) is 5.26. The van der Waals surface area contributed by atoms with Crippen molar-refractivity contribution in [2.75, 3.05) is 13.2 Å². The zero-order chi connectivity index (χ0) is 26.8. The Kier molecular flexibility index (Phi) is 6.79. The highest BCUT2D eigenvalue weighted by molar-refractivity contribution is 8.27. The summed E-state index contributed by atoms with van der Waals surface area (Å²) < 4.78 is 16.9. The van der Waals surface area contributed by atoms with E-state index in [1.54, 1.807) is 31.2 Å². The fraction of sp³-hybridized carbons (Fsp3) is 0.154. The van der Waals surface area contributed by atoms with E-state index in [4.69, 9.17) is 19.3 Å². The van der Waals surface area contributed by atoms with E-state index in [0.717, 1.165) is 17.3 Å². The van der Waals surface area contributed by atoms with Gasteiger partial charge in [0, 0.05) is 0 Å². The molecule has 1 amide bonds. The second kappa shape index (κ2) is 10.3. The number of furan rings is 1. The lowest BCUT2D eigenvalue weighted by Crippen LogP contribution is -2.35. The number of aliphatic imine (C=N–C) groups is 1. The van der Waals surface area contributed by atoms with Crippen LogP contribution in [0.3, 0.4) is 0 Å². The van der Waals surface area contributed by atoms with Gasteiger partial charge in [-0.2, -0.15) is 15.1 Å². The Morgan fingerprint density at radius 3 is 2.74 bits per heavy atom. The van der Waals surface area contributed by atoms with Gasteiger partial charge in [-0.3, -0.25) is 20.3 Å². The summed E-state index contributed by atoms with van der Waals surface area (Å²) in [5, 5.41) is 26.6. The fourth-order valence-corrected chi connectivity index (χ4v) is 4.58. The van der Waals surface area contributed by atoms with Gasteiger partial charge in [-0.15, -0.1) is 0 Å². The molecule has 2 aliphatic rings. The summed E-state index contributed by atoms with van der Waals surface area (Å²) in [6.07, 6.45) is 1.37. The third-order valence-electron chi connectivity index (χ3n) is 5.50. The van der Waals surface area contributed by atoms with Gasteiger partial charge in [0.15, 0.2) is 5.84 Å². The average molecular weight is 532 g/mol. The van der Waals surface area contributed by atoms with Crippen molar-refractivity contribution in [1.29, 1.82) is 5.41 Å².